The van der Waals surface area contributed by atoms with E-state index in [4.69, 9.17) is 5.11 Å². The molecule has 0 saturated heterocycles. The van der Waals surface area contributed by atoms with E-state index in [2.05, 4.69) is 21.3 Å². The third-order valence-electron chi connectivity index (χ3n) is 4.96. The lowest BCUT2D eigenvalue weighted by Gasteiger charge is -2.26. The number of nitrogens with one attached hydrogen (secondary N) is 4. The molecular weight excluding hydrogens is 460 g/mol. The van der Waals surface area contributed by atoms with Gasteiger partial charge in [-0.15, -0.1) is 0 Å². The fourth-order valence-electron chi connectivity index (χ4n) is 3.11. The number of carbonyl (C=O) groups is 6. The molecule has 0 aliphatic rings. The summed E-state index contributed by atoms with van der Waals surface area (Å²) >= 11 is 0. The van der Waals surface area contributed by atoms with Gasteiger partial charge in [0.2, 0.25) is 23.6 Å². The number of hydrogen-bond donors (Lipinski definition) is 6. The Morgan fingerprint density at radius 2 is 1.49 bits per heavy atom. The van der Waals surface area contributed by atoms with Crippen molar-refractivity contribution in [1.29, 1.82) is 0 Å². The van der Waals surface area contributed by atoms with Crippen molar-refractivity contribution < 1.29 is 39.0 Å². The van der Waals surface area contributed by atoms with Crippen LogP contribution in [-0.2, 0) is 35.2 Å². The van der Waals surface area contributed by atoms with Gasteiger partial charge in [-0.1, -0.05) is 26.0 Å². The monoisotopic (exact) mass is 492 g/mol. The highest BCUT2D eigenvalue weighted by atomic mass is 16.4. The average molecular weight is 493 g/mol. The molecule has 0 spiro atoms. The maximum atomic E-state index is 12.9. The minimum Gasteiger partial charge on any atom is -0.508 e. The standard InChI is InChI=1S/C23H32N4O8/c1-12(2)20(23(35)24-13(3)21(33)26-16(11-28)10-19(31)32)27-22(34)18(25-14(4)29)9-15-5-7-17(30)8-6-15/h5-8,11-13,16,18,20,30H,9-10H2,1-4H3,(H,24,35)(H,25,29)(H,26,33)(H,27,34)(H,31,32)/t13-,16-,18-,20+/m1/s1. The number of hydrogen-bond acceptors (Lipinski definition) is 7. The van der Waals surface area contributed by atoms with Gasteiger partial charge >= 0.3 is 5.97 Å². The van der Waals surface area contributed by atoms with Crippen LogP contribution < -0.4 is 21.3 Å². The fraction of sp³-hybridized carbons (Fsp3) is 0.478. The normalized spacial score (nSPS) is 14.1. The Balaban J connectivity index is 2.88. The summed E-state index contributed by atoms with van der Waals surface area (Å²) in [6, 6.07) is 1.65. The highest BCUT2D eigenvalue weighted by Crippen LogP contribution is 2.12. The van der Waals surface area contributed by atoms with Crippen molar-refractivity contribution in [1.82, 2.24) is 21.3 Å². The van der Waals surface area contributed by atoms with E-state index in [-0.39, 0.29) is 18.5 Å². The molecule has 0 aromatic heterocycles. The molecule has 192 valence electrons. The maximum absolute atomic E-state index is 12.9. The van der Waals surface area contributed by atoms with E-state index in [0.29, 0.717) is 5.56 Å². The minimum atomic E-state index is -1.28. The largest absolute Gasteiger partial charge is 0.508 e. The van der Waals surface area contributed by atoms with Gasteiger partial charge in [0.25, 0.3) is 0 Å². The first-order chi connectivity index (χ1) is 16.3. The van der Waals surface area contributed by atoms with Gasteiger partial charge in [-0.25, -0.2) is 0 Å². The van der Waals surface area contributed by atoms with Gasteiger partial charge in [-0.3, -0.25) is 24.0 Å². The Morgan fingerprint density at radius 1 is 0.886 bits per heavy atom. The highest BCUT2D eigenvalue weighted by molar-refractivity contribution is 5.94. The molecular formula is C23H32N4O8. The number of aliphatic carboxylic acids is 1. The molecule has 1 aromatic carbocycles. The van der Waals surface area contributed by atoms with E-state index in [0.717, 1.165) is 0 Å². The van der Waals surface area contributed by atoms with Crippen molar-refractivity contribution in [2.24, 2.45) is 5.92 Å². The molecule has 1 aromatic rings. The van der Waals surface area contributed by atoms with Crippen LogP contribution >= 0.6 is 0 Å². The van der Waals surface area contributed by atoms with Gasteiger partial charge in [-0.05, 0) is 30.5 Å². The predicted octanol–water partition coefficient (Wildman–Crippen LogP) is -0.757. The Kier molecular flexibility index (Phi) is 11.4. The summed E-state index contributed by atoms with van der Waals surface area (Å²) in [5.41, 5.74) is 0.665. The molecule has 0 aliphatic heterocycles. The molecule has 4 atom stereocenters. The van der Waals surface area contributed by atoms with Crippen molar-refractivity contribution in [3.63, 3.8) is 0 Å². The number of aromatic hydroxyl groups is 1. The molecule has 4 amide bonds. The van der Waals surface area contributed by atoms with Crippen molar-refractivity contribution >= 4 is 35.9 Å². The van der Waals surface area contributed by atoms with Crippen LogP contribution in [0, 0.1) is 5.92 Å². The van der Waals surface area contributed by atoms with Gasteiger partial charge < -0.3 is 36.3 Å². The van der Waals surface area contributed by atoms with Crippen LogP contribution in [0.5, 0.6) is 5.75 Å². The summed E-state index contributed by atoms with van der Waals surface area (Å²) in [4.78, 5) is 71.4. The van der Waals surface area contributed by atoms with Crippen LogP contribution in [0.25, 0.3) is 0 Å². The van der Waals surface area contributed by atoms with Crippen LogP contribution in [-0.4, -0.2) is 70.3 Å². The van der Waals surface area contributed by atoms with Gasteiger partial charge in [0.15, 0.2) is 0 Å². The summed E-state index contributed by atoms with van der Waals surface area (Å²) < 4.78 is 0. The van der Waals surface area contributed by atoms with E-state index >= 15 is 0 Å². The van der Waals surface area contributed by atoms with Crippen molar-refractivity contribution in [2.75, 3.05) is 0 Å². The number of phenols is 1. The molecule has 12 heteroatoms. The smallest absolute Gasteiger partial charge is 0.305 e. The number of amides is 4. The highest BCUT2D eigenvalue weighted by Gasteiger charge is 2.30. The van der Waals surface area contributed by atoms with E-state index in [1.165, 1.54) is 26.0 Å². The molecule has 12 nitrogen and oxygen atoms in total. The summed E-state index contributed by atoms with van der Waals surface area (Å²) in [7, 11) is 0. The third kappa shape index (κ3) is 10.2. The van der Waals surface area contributed by atoms with E-state index in [1.54, 1.807) is 26.0 Å². The predicted molar refractivity (Wildman–Crippen MR) is 124 cm³/mol. The zero-order chi connectivity index (χ0) is 26.7. The van der Waals surface area contributed by atoms with E-state index in [1.807, 2.05) is 0 Å². The number of carboxylic acid groups (broad SMARTS) is 1. The molecule has 35 heavy (non-hydrogen) atoms. The van der Waals surface area contributed by atoms with Crippen LogP contribution in [0.1, 0.15) is 39.7 Å². The Hall–Kier alpha value is -3.96. The SMILES string of the molecule is CC(=O)N[C@H](Cc1ccc(O)cc1)C(=O)N[C@H](C(=O)N[C@H](C)C(=O)N[C@@H](C=O)CC(=O)O)C(C)C. The molecule has 0 aliphatic carbocycles. The van der Waals surface area contributed by atoms with Gasteiger partial charge in [0.1, 0.15) is 30.2 Å². The lowest BCUT2D eigenvalue weighted by Crippen LogP contribution is -2.58. The average Bonchev–Trinajstić information content (AvgIpc) is 2.76. The first kappa shape index (κ1) is 29.1. The Morgan fingerprint density at radius 3 is 1.97 bits per heavy atom. The lowest BCUT2D eigenvalue weighted by atomic mass is 10.0. The molecule has 0 fully saturated rings. The van der Waals surface area contributed by atoms with Gasteiger partial charge in [-0.2, -0.15) is 0 Å². The topological polar surface area (TPSA) is 191 Å². The van der Waals surface area contributed by atoms with Crippen LogP contribution in [0.15, 0.2) is 24.3 Å². The first-order valence-corrected chi connectivity index (χ1v) is 11.0. The fourth-order valence-corrected chi connectivity index (χ4v) is 3.11. The third-order valence-corrected chi connectivity index (χ3v) is 4.96. The number of phenolic OH excluding ortho intramolecular Hbond substituents is 1. The number of carbonyl (C=O) groups excluding carboxylic acids is 5. The Bertz CT molecular complexity index is 932. The molecule has 0 unspecified atom stereocenters. The number of benzene rings is 1. The zero-order valence-corrected chi connectivity index (χ0v) is 20.0. The van der Waals surface area contributed by atoms with Crippen molar-refractivity contribution in [3.05, 3.63) is 29.8 Å². The van der Waals surface area contributed by atoms with Crippen molar-refractivity contribution in [2.45, 2.75) is 64.7 Å². The summed E-state index contributed by atoms with van der Waals surface area (Å²) in [6.45, 7) is 5.96. The first-order valence-electron chi connectivity index (χ1n) is 11.0. The zero-order valence-electron chi connectivity index (χ0n) is 20.0. The van der Waals surface area contributed by atoms with Crippen LogP contribution in [0.2, 0.25) is 0 Å². The van der Waals surface area contributed by atoms with Gasteiger partial charge in [0.05, 0.1) is 12.5 Å². The summed E-state index contributed by atoms with van der Waals surface area (Å²) in [6.07, 6.45) is -0.215. The lowest BCUT2D eigenvalue weighted by molar-refractivity contribution is -0.139. The van der Waals surface area contributed by atoms with Gasteiger partial charge in [0, 0.05) is 13.3 Å². The van der Waals surface area contributed by atoms with Crippen LogP contribution in [0.3, 0.4) is 0 Å². The molecule has 0 bridgehead atoms. The van der Waals surface area contributed by atoms with E-state index < -0.39 is 66.1 Å². The number of rotatable bonds is 13. The summed E-state index contributed by atoms with van der Waals surface area (Å²) in [5.74, 6) is -4.14. The summed E-state index contributed by atoms with van der Waals surface area (Å²) in [5, 5.41) is 28.0. The molecule has 6 N–H and O–H groups in total. The molecule has 1 rings (SSSR count). The minimum absolute atomic E-state index is 0.0476. The number of carboxylic acids is 1. The quantitative estimate of drug-likeness (QED) is 0.194. The van der Waals surface area contributed by atoms with Crippen LogP contribution in [0.4, 0.5) is 0 Å². The second-order valence-corrected chi connectivity index (χ2v) is 8.43. The second-order valence-electron chi connectivity index (χ2n) is 8.43. The molecule has 0 saturated carbocycles. The van der Waals surface area contributed by atoms with Crippen molar-refractivity contribution in [3.8, 4) is 5.75 Å². The van der Waals surface area contributed by atoms with E-state index in [9.17, 15) is 33.9 Å². The molecule has 0 radical (unpaired) electrons. The second kappa shape index (κ2) is 13.7. The number of aldehydes is 1. The molecule has 0 heterocycles. The maximum Gasteiger partial charge on any atom is 0.305 e. The Labute approximate surface area is 202 Å².